The Kier molecular flexibility index (Phi) is 11.3. The molecule has 3 aromatic carbocycles. The first kappa shape index (κ1) is 26.4. The molecule has 0 heterocycles. The summed E-state index contributed by atoms with van der Waals surface area (Å²) in [7, 11) is 0. The molecule has 3 rings (SSSR count). The fourth-order valence-electron chi connectivity index (χ4n) is 3.79. The van der Waals surface area contributed by atoms with Gasteiger partial charge in [0.25, 0.3) is 0 Å². The Morgan fingerprint density at radius 3 is 2.03 bits per heavy atom. The molecule has 1 N–H and O–H groups in total. The first-order valence-electron chi connectivity index (χ1n) is 12.5. The van der Waals surface area contributed by atoms with E-state index in [1.165, 1.54) is 0 Å². The topological polar surface area (TPSA) is 47.6 Å². The van der Waals surface area contributed by atoms with Gasteiger partial charge in [0.15, 0.2) is 0 Å². The van der Waals surface area contributed by atoms with Gasteiger partial charge in [-0.3, -0.25) is 10.1 Å². The average molecular weight is 472 g/mol. The summed E-state index contributed by atoms with van der Waals surface area (Å²) in [5, 5.41) is 3.58. The van der Waals surface area contributed by atoms with Gasteiger partial charge in [0.2, 0.25) is 0 Å². The van der Waals surface area contributed by atoms with Gasteiger partial charge in [-0.15, -0.1) is 0 Å². The second-order valence-electron chi connectivity index (χ2n) is 8.66. The Labute approximate surface area is 210 Å². The molecule has 0 saturated heterocycles. The van der Waals surface area contributed by atoms with Crippen LogP contribution >= 0.6 is 0 Å². The molecule has 4 heteroatoms. The number of carbonyl (C=O) groups is 1. The molecule has 0 unspecified atom stereocenters. The van der Waals surface area contributed by atoms with Crippen LogP contribution < -0.4 is 5.32 Å². The van der Waals surface area contributed by atoms with Crippen molar-refractivity contribution in [3.8, 4) is 0 Å². The molecule has 0 radical (unpaired) electrons. The molecule has 3 aromatic rings. The number of esters is 1. The lowest BCUT2D eigenvalue weighted by molar-refractivity contribution is -0.146. The minimum absolute atomic E-state index is 0.0639. The first-order chi connectivity index (χ1) is 17.2. The summed E-state index contributed by atoms with van der Waals surface area (Å²) in [6.07, 6.45) is 6.32. The van der Waals surface area contributed by atoms with Crippen LogP contribution in [0.25, 0.3) is 0 Å². The first-order valence-corrected chi connectivity index (χ1v) is 12.5. The van der Waals surface area contributed by atoms with Crippen molar-refractivity contribution in [2.24, 2.45) is 0 Å². The Bertz CT molecular complexity index is 966. The van der Waals surface area contributed by atoms with Crippen LogP contribution in [0.5, 0.6) is 0 Å². The van der Waals surface area contributed by atoms with E-state index in [9.17, 15) is 4.79 Å². The smallest absolute Gasteiger partial charge is 0.323 e. The summed E-state index contributed by atoms with van der Waals surface area (Å²) in [6, 6.07) is 29.9. The third-order valence-electron chi connectivity index (χ3n) is 5.79. The summed E-state index contributed by atoms with van der Waals surface area (Å²) in [5.74, 6) is -0.224. The molecule has 184 valence electrons. The van der Waals surface area contributed by atoms with Crippen LogP contribution in [0.1, 0.15) is 55.8 Å². The van der Waals surface area contributed by atoms with E-state index < -0.39 is 6.04 Å². The number of rotatable bonds is 14. The summed E-state index contributed by atoms with van der Waals surface area (Å²) < 4.78 is 11.6. The van der Waals surface area contributed by atoms with Crippen molar-refractivity contribution in [1.29, 1.82) is 0 Å². The molecule has 0 aliphatic carbocycles. The van der Waals surface area contributed by atoms with Gasteiger partial charge in [-0.25, -0.2) is 0 Å². The summed E-state index contributed by atoms with van der Waals surface area (Å²) >= 11 is 0. The maximum Gasteiger partial charge on any atom is 0.323 e. The summed E-state index contributed by atoms with van der Waals surface area (Å²) in [5.41, 5.74) is 3.35. The molecule has 0 saturated carbocycles. The van der Waals surface area contributed by atoms with Gasteiger partial charge >= 0.3 is 5.97 Å². The van der Waals surface area contributed by atoms with Gasteiger partial charge in [0.05, 0.1) is 25.4 Å². The van der Waals surface area contributed by atoms with E-state index in [1.54, 1.807) is 0 Å². The molecule has 0 spiro atoms. The van der Waals surface area contributed by atoms with Crippen LogP contribution in [-0.2, 0) is 20.9 Å². The highest BCUT2D eigenvalue weighted by Crippen LogP contribution is 2.23. The number of ether oxygens (including phenoxy) is 2. The number of hydrogen-bond donors (Lipinski definition) is 1. The van der Waals surface area contributed by atoms with E-state index in [4.69, 9.17) is 9.47 Å². The number of hydrogen-bond acceptors (Lipinski definition) is 4. The Morgan fingerprint density at radius 2 is 1.46 bits per heavy atom. The zero-order valence-corrected chi connectivity index (χ0v) is 20.8. The Balaban J connectivity index is 1.70. The number of benzene rings is 3. The van der Waals surface area contributed by atoms with Crippen LogP contribution in [0.4, 0.5) is 0 Å². The molecule has 0 fully saturated rings. The minimum Gasteiger partial charge on any atom is -0.465 e. The highest BCUT2D eigenvalue weighted by atomic mass is 16.5. The van der Waals surface area contributed by atoms with E-state index in [2.05, 4.69) is 48.6 Å². The van der Waals surface area contributed by atoms with E-state index in [0.717, 1.165) is 29.5 Å². The summed E-state index contributed by atoms with van der Waals surface area (Å²) in [6.45, 7) is 5.09. The normalized spacial score (nSPS) is 13.1. The van der Waals surface area contributed by atoms with Crippen molar-refractivity contribution >= 4 is 5.97 Å². The van der Waals surface area contributed by atoms with E-state index >= 15 is 0 Å². The maximum absolute atomic E-state index is 13.1. The highest BCUT2D eigenvalue weighted by molar-refractivity contribution is 5.76. The quantitative estimate of drug-likeness (QED) is 0.163. The van der Waals surface area contributed by atoms with Gasteiger partial charge in [-0.2, -0.15) is 0 Å². The van der Waals surface area contributed by atoms with E-state index in [1.807, 2.05) is 73.7 Å². The van der Waals surface area contributed by atoms with Gasteiger partial charge in [0.1, 0.15) is 6.04 Å². The van der Waals surface area contributed by atoms with Gasteiger partial charge < -0.3 is 9.47 Å². The van der Waals surface area contributed by atoms with Crippen LogP contribution in [-0.4, -0.2) is 24.7 Å². The van der Waals surface area contributed by atoms with Crippen molar-refractivity contribution in [3.63, 3.8) is 0 Å². The third-order valence-corrected chi connectivity index (χ3v) is 5.79. The lowest BCUT2D eigenvalue weighted by atomic mass is 9.97. The molecule has 35 heavy (non-hydrogen) atoms. The standard InChI is InChI=1S/C31H37NO3/c1-3-4-23-34-31(33)29(22-14-15-25(2)35-24-26-16-8-5-9-17-26)32-30(27-18-10-6-11-19-27)28-20-12-7-13-21-28/h5-21,25,29-30,32H,3-4,22-24H2,1-2H3/b15-14+/t25-,29+/m0/s1. The van der Waals surface area contributed by atoms with Crippen molar-refractivity contribution in [2.45, 2.75) is 57.9 Å². The largest absolute Gasteiger partial charge is 0.465 e. The zero-order chi connectivity index (χ0) is 24.7. The van der Waals surface area contributed by atoms with Crippen molar-refractivity contribution in [2.75, 3.05) is 6.61 Å². The molecule has 0 aromatic heterocycles. The van der Waals surface area contributed by atoms with Gasteiger partial charge in [-0.05, 0) is 36.5 Å². The monoisotopic (exact) mass is 471 g/mol. The molecule has 0 bridgehead atoms. The fourth-order valence-corrected chi connectivity index (χ4v) is 3.79. The third kappa shape index (κ3) is 9.16. The van der Waals surface area contributed by atoms with Gasteiger partial charge in [-0.1, -0.05) is 116 Å². The molecule has 0 amide bonds. The molecule has 0 aliphatic heterocycles. The molecular formula is C31H37NO3. The predicted molar refractivity (Wildman–Crippen MR) is 142 cm³/mol. The van der Waals surface area contributed by atoms with Crippen LogP contribution in [0.2, 0.25) is 0 Å². The molecular weight excluding hydrogens is 434 g/mol. The lowest BCUT2D eigenvalue weighted by Gasteiger charge is -2.25. The van der Waals surface area contributed by atoms with E-state index in [-0.39, 0.29) is 18.1 Å². The zero-order valence-electron chi connectivity index (χ0n) is 20.8. The Morgan fingerprint density at radius 1 is 0.886 bits per heavy atom. The number of nitrogens with one attached hydrogen (secondary N) is 1. The second-order valence-corrected chi connectivity index (χ2v) is 8.66. The summed E-state index contributed by atoms with van der Waals surface area (Å²) in [4.78, 5) is 13.1. The number of carbonyl (C=O) groups excluding carboxylic acids is 1. The highest BCUT2D eigenvalue weighted by Gasteiger charge is 2.24. The van der Waals surface area contributed by atoms with E-state index in [0.29, 0.717) is 19.6 Å². The average Bonchev–Trinajstić information content (AvgIpc) is 2.91. The SMILES string of the molecule is CCCCOC(=O)[C@@H](C/C=C/[C@H](C)OCc1ccccc1)NC(c1ccccc1)c1ccccc1. The minimum atomic E-state index is -0.477. The van der Waals surface area contributed by atoms with Crippen LogP contribution in [0.3, 0.4) is 0 Å². The van der Waals surface area contributed by atoms with Gasteiger partial charge in [0, 0.05) is 0 Å². The molecule has 2 atom stereocenters. The fraction of sp³-hybridized carbons (Fsp3) is 0.323. The van der Waals surface area contributed by atoms with Crippen molar-refractivity contribution in [1.82, 2.24) is 5.32 Å². The lowest BCUT2D eigenvalue weighted by Crippen LogP contribution is -2.40. The van der Waals surface area contributed by atoms with Crippen LogP contribution in [0, 0.1) is 0 Å². The predicted octanol–water partition coefficient (Wildman–Crippen LogP) is 6.63. The van der Waals surface area contributed by atoms with Crippen molar-refractivity contribution < 1.29 is 14.3 Å². The molecule has 0 aliphatic rings. The number of unbranched alkanes of at least 4 members (excludes halogenated alkanes) is 1. The second kappa shape index (κ2) is 14.9. The van der Waals surface area contributed by atoms with Crippen molar-refractivity contribution in [3.05, 3.63) is 120 Å². The van der Waals surface area contributed by atoms with Crippen LogP contribution in [0.15, 0.2) is 103 Å². The Hall–Kier alpha value is -3.21. The maximum atomic E-state index is 13.1. The molecule has 4 nitrogen and oxygen atoms in total.